The number of phenols is 1. The minimum absolute atomic E-state index is 0.261. The van der Waals surface area contributed by atoms with Crippen molar-refractivity contribution < 1.29 is 5.11 Å². The average Bonchev–Trinajstić information content (AvgIpc) is 2.71. The van der Waals surface area contributed by atoms with E-state index in [0.717, 1.165) is 26.0 Å². The van der Waals surface area contributed by atoms with Gasteiger partial charge < -0.3 is 9.67 Å². The molecule has 96 valence electrons. The van der Waals surface area contributed by atoms with Gasteiger partial charge in [0.15, 0.2) is 0 Å². The van der Waals surface area contributed by atoms with Gasteiger partial charge in [0.25, 0.3) is 0 Å². The first-order chi connectivity index (χ1) is 9.08. The van der Waals surface area contributed by atoms with E-state index in [4.69, 9.17) is 0 Å². The number of fused-ring (bicyclic) bond motifs is 1. The lowest BCUT2D eigenvalue weighted by atomic mass is 10.2. The number of aromatic hydroxyl groups is 1. The van der Waals surface area contributed by atoms with Gasteiger partial charge in [0.2, 0.25) is 0 Å². The van der Waals surface area contributed by atoms with Crippen molar-refractivity contribution in [3.8, 4) is 17.1 Å². The molecule has 19 heavy (non-hydrogen) atoms. The first kappa shape index (κ1) is 12.5. The van der Waals surface area contributed by atoms with E-state index in [-0.39, 0.29) is 5.75 Å². The van der Waals surface area contributed by atoms with Crippen molar-refractivity contribution in [1.29, 1.82) is 0 Å². The smallest absolute Gasteiger partial charge is 0.144 e. The summed E-state index contributed by atoms with van der Waals surface area (Å²) in [6.45, 7) is 2.07. The van der Waals surface area contributed by atoms with Crippen molar-refractivity contribution in [2.24, 2.45) is 7.05 Å². The van der Waals surface area contributed by atoms with Crippen molar-refractivity contribution in [2.45, 2.75) is 6.92 Å². The molecule has 0 unspecified atom stereocenters. The summed E-state index contributed by atoms with van der Waals surface area (Å²) in [5, 5.41) is 10.1. The molecule has 0 aliphatic heterocycles. The second-order valence-corrected chi connectivity index (χ2v) is 5.84. The molecular formula is C15H13IN2O. The third kappa shape index (κ3) is 2.00. The molecule has 0 atom stereocenters. The third-order valence-corrected chi connectivity index (χ3v) is 3.97. The maximum Gasteiger partial charge on any atom is 0.144 e. The van der Waals surface area contributed by atoms with Crippen LogP contribution in [0.4, 0.5) is 0 Å². The van der Waals surface area contributed by atoms with E-state index in [9.17, 15) is 5.11 Å². The highest BCUT2D eigenvalue weighted by atomic mass is 127. The highest BCUT2D eigenvalue weighted by Gasteiger charge is 2.14. The molecule has 0 fully saturated rings. The minimum Gasteiger partial charge on any atom is -0.507 e. The van der Waals surface area contributed by atoms with Gasteiger partial charge in [-0.2, -0.15) is 0 Å². The normalized spacial score (nSPS) is 11.1. The number of phenolic OH excluding ortho intramolecular Hbond substituents is 1. The largest absolute Gasteiger partial charge is 0.507 e. The number of hydrogen-bond acceptors (Lipinski definition) is 2. The van der Waals surface area contributed by atoms with E-state index < -0.39 is 0 Å². The molecule has 0 saturated heterocycles. The first-order valence-corrected chi connectivity index (χ1v) is 7.07. The number of aryl methyl sites for hydroxylation is 2. The molecule has 0 aliphatic rings. The number of halogens is 1. The molecule has 0 radical (unpaired) electrons. The Balaban J connectivity index is 2.34. The van der Waals surface area contributed by atoms with Gasteiger partial charge in [0, 0.05) is 10.6 Å². The van der Waals surface area contributed by atoms with Crippen LogP contribution in [0.5, 0.6) is 5.75 Å². The number of hydrogen-bond donors (Lipinski definition) is 1. The molecule has 4 heteroatoms. The summed E-state index contributed by atoms with van der Waals surface area (Å²) in [7, 11) is 1.98. The van der Waals surface area contributed by atoms with Crippen molar-refractivity contribution >= 4 is 33.6 Å². The Morgan fingerprint density at radius 3 is 2.74 bits per heavy atom. The van der Waals surface area contributed by atoms with Crippen molar-refractivity contribution in [1.82, 2.24) is 9.55 Å². The Morgan fingerprint density at radius 2 is 2.00 bits per heavy atom. The van der Waals surface area contributed by atoms with E-state index in [1.165, 1.54) is 5.56 Å². The monoisotopic (exact) mass is 364 g/mol. The van der Waals surface area contributed by atoms with Crippen LogP contribution in [-0.4, -0.2) is 14.7 Å². The Hall–Kier alpha value is -1.56. The summed E-state index contributed by atoms with van der Waals surface area (Å²) < 4.78 is 3.12. The predicted octanol–water partition coefficient (Wildman–Crippen LogP) is 3.86. The maximum atomic E-state index is 10.1. The topological polar surface area (TPSA) is 38.1 Å². The molecule has 1 aromatic heterocycles. The van der Waals surface area contributed by atoms with Crippen LogP contribution in [-0.2, 0) is 7.05 Å². The fourth-order valence-electron chi connectivity index (χ4n) is 2.39. The summed E-state index contributed by atoms with van der Waals surface area (Å²) in [4.78, 5) is 4.64. The fourth-order valence-corrected chi connectivity index (χ4v) is 2.88. The molecule has 2 aromatic carbocycles. The molecule has 0 saturated carbocycles. The average molecular weight is 364 g/mol. The van der Waals surface area contributed by atoms with Crippen molar-refractivity contribution in [3.05, 3.63) is 45.5 Å². The van der Waals surface area contributed by atoms with Gasteiger partial charge in [-0.05, 0) is 59.3 Å². The van der Waals surface area contributed by atoms with Crippen LogP contribution < -0.4 is 0 Å². The van der Waals surface area contributed by atoms with E-state index in [0.29, 0.717) is 0 Å². The van der Waals surface area contributed by atoms with Gasteiger partial charge in [0.1, 0.15) is 11.6 Å². The van der Waals surface area contributed by atoms with Crippen molar-refractivity contribution in [3.63, 3.8) is 0 Å². The van der Waals surface area contributed by atoms with E-state index >= 15 is 0 Å². The highest BCUT2D eigenvalue weighted by Crippen LogP contribution is 2.32. The van der Waals surface area contributed by atoms with Gasteiger partial charge in [-0.1, -0.05) is 12.1 Å². The SMILES string of the molecule is Cc1cccc2nc(-c3cc(I)ccc3O)n(C)c12. The lowest BCUT2D eigenvalue weighted by Crippen LogP contribution is -1.94. The fraction of sp³-hybridized carbons (Fsp3) is 0.133. The zero-order valence-corrected chi connectivity index (χ0v) is 12.8. The van der Waals surface area contributed by atoms with Gasteiger partial charge in [-0.15, -0.1) is 0 Å². The summed E-state index contributed by atoms with van der Waals surface area (Å²) in [5.74, 6) is 1.05. The molecule has 0 bridgehead atoms. The van der Waals surface area contributed by atoms with Crippen LogP contribution in [0.1, 0.15) is 5.56 Å². The summed E-state index contributed by atoms with van der Waals surface area (Å²) >= 11 is 2.24. The van der Waals surface area contributed by atoms with Crippen LogP contribution in [0.3, 0.4) is 0 Å². The van der Waals surface area contributed by atoms with Crippen LogP contribution in [0, 0.1) is 10.5 Å². The third-order valence-electron chi connectivity index (χ3n) is 3.30. The zero-order chi connectivity index (χ0) is 13.6. The summed E-state index contributed by atoms with van der Waals surface area (Å²) in [6.07, 6.45) is 0. The van der Waals surface area contributed by atoms with Crippen LogP contribution in [0.25, 0.3) is 22.4 Å². The lowest BCUT2D eigenvalue weighted by molar-refractivity contribution is 0.476. The summed E-state index contributed by atoms with van der Waals surface area (Å²) in [5.41, 5.74) is 4.01. The number of rotatable bonds is 1. The van der Waals surface area contributed by atoms with Crippen LogP contribution in [0.2, 0.25) is 0 Å². The Bertz CT molecular complexity index is 777. The molecule has 1 heterocycles. The second kappa shape index (κ2) is 4.52. The van der Waals surface area contributed by atoms with Gasteiger partial charge in [-0.3, -0.25) is 0 Å². The molecule has 3 rings (SSSR count). The first-order valence-electron chi connectivity index (χ1n) is 5.99. The molecule has 0 aliphatic carbocycles. The van der Waals surface area contributed by atoms with Gasteiger partial charge in [-0.25, -0.2) is 4.98 Å². The predicted molar refractivity (Wildman–Crippen MR) is 85.3 cm³/mol. The Labute approximate surface area is 125 Å². The quantitative estimate of drug-likeness (QED) is 0.666. The van der Waals surface area contributed by atoms with E-state index in [2.05, 4.69) is 40.6 Å². The number of imidazole rings is 1. The molecule has 1 N–H and O–H groups in total. The number of para-hydroxylation sites is 1. The zero-order valence-electron chi connectivity index (χ0n) is 10.7. The van der Waals surface area contributed by atoms with Crippen LogP contribution in [0.15, 0.2) is 36.4 Å². The maximum absolute atomic E-state index is 10.1. The van der Waals surface area contributed by atoms with Crippen molar-refractivity contribution in [2.75, 3.05) is 0 Å². The molecule has 3 nitrogen and oxygen atoms in total. The molecule has 3 aromatic rings. The minimum atomic E-state index is 0.261. The lowest BCUT2D eigenvalue weighted by Gasteiger charge is -2.06. The standard InChI is InChI=1S/C15H13IN2O/c1-9-4-3-5-12-14(9)18(2)15(17-12)11-8-10(16)6-7-13(11)19/h3-8,19H,1-2H3. The van der Waals surface area contributed by atoms with Gasteiger partial charge >= 0.3 is 0 Å². The summed E-state index contributed by atoms with van der Waals surface area (Å²) in [6, 6.07) is 11.6. The number of benzene rings is 2. The highest BCUT2D eigenvalue weighted by molar-refractivity contribution is 14.1. The molecule has 0 spiro atoms. The van der Waals surface area contributed by atoms with Gasteiger partial charge in [0.05, 0.1) is 16.6 Å². The number of aromatic nitrogens is 2. The van der Waals surface area contributed by atoms with E-state index in [1.54, 1.807) is 6.07 Å². The molecule has 0 amide bonds. The number of nitrogens with zero attached hydrogens (tertiary/aromatic N) is 2. The second-order valence-electron chi connectivity index (χ2n) is 4.60. The Kier molecular flexibility index (Phi) is 2.97. The molecular weight excluding hydrogens is 351 g/mol. The van der Waals surface area contributed by atoms with Crippen LogP contribution >= 0.6 is 22.6 Å². The Morgan fingerprint density at radius 1 is 1.21 bits per heavy atom. The van der Waals surface area contributed by atoms with E-state index in [1.807, 2.05) is 35.9 Å².